The summed E-state index contributed by atoms with van der Waals surface area (Å²) in [6.07, 6.45) is 0. The number of hydrogen-bond acceptors (Lipinski definition) is 2. The van der Waals surface area contributed by atoms with Crippen molar-refractivity contribution < 1.29 is 9.47 Å². The number of halogens is 4. The van der Waals surface area contributed by atoms with Crippen LogP contribution < -0.4 is 0 Å². The fourth-order valence-corrected chi connectivity index (χ4v) is 2.29. The van der Waals surface area contributed by atoms with Crippen LogP contribution in [0.3, 0.4) is 0 Å². The Morgan fingerprint density at radius 2 is 1.15 bits per heavy atom. The van der Waals surface area contributed by atoms with E-state index in [1.54, 1.807) is 0 Å². The molecule has 74 valence electrons. The minimum absolute atomic E-state index is 0.133. The van der Waals surface area contributed by atoms with E-state index in [1.165, 1.54) is 14.2 Å². The van der Waals surface area contributed by atoms with E-state index in [4.69, 9.17) is 55.9 Å². The smallest absolute Gasteiger partial charge is 0.246 e. The second-order valence-corrected chi connectivity index (χ2v) is 3.79. The van der Waals surface area contributed by atoms with E-state index in [2.05, 4.69) is 0 Å². The van der Waals surface area contributed by atoms with Crippen molar-refractivity contribution in [3.63, 3.8) is 0 Å². The quantitative estimate of drug-likeness (QED) is 0.712. The number of methoxy groups -OCH3 is 2. The van der Waals surface area contributed by atoms with Crippen molar-refractivity contribution in [3.05, 3.63) is 20.1 Å². The number of ether oxygens (including phenoxy) is 2. The highest BCUT2D eigenvalue weighted by Gasteiger charge is 2.47. The first-order valence-electron chi connectivity index (χ1n) is 3.23. The van der Waals surface area contributed by atoms with E-state index in [-0.39, 0.29) is 20.1 Å². The van der Waals surface area contributed by atoms with Crippen LogP contribution >= 0.6 is 46.4 Å². The lowest BCUT2D eigenvalue weighted by atomic mass is 10.3. The molecule has 6 heteroatoms. The lowest BCUT2D eigenvalue weighted by Gasteiger charge is -2.26. The molecule has 0 atom stereocenters. The molecular formula is C7H6Cl4O2. The third kappa shape index (κ3) is 1.50. The molecule has 0 aliphatic heterocycles. The standard InChI is InChI=1S/C7H6Cl4O2/c1-12-7(13-2)5(10)3(8)4(9)6(7)11/h1-2H3. The molecule has 0 bridgehead atoms. The van der Waals surface area contributed by atoms with Crippen LogP contribution in [-0.2, 0) is 9.47 Å². The highest BCUT2D eigenvalue weighted by atomic mass is 35.5. The van der Waals surface area contributed by atoms with Crippen molar-refractivity contribution in [1.82, 2.24) is 0 Å². The summed E-state index contributed by atoms with van der Waals surface area (Å²) >= 11 is 23.3. The molecule has 0 radical (unpaired) electrons. The van der Waals surface area contributed by atoms with Gasteiger partial charge in [0.1, 0.15) is 10.1 Å². The minimum atomic E-state index is -1.34. The Kier molecular flexibility index (Phi) is 3.55. The molecule has 1 rings (SSSR count). The third-order valence-electron chi connectivity index (χ3n) is 1.73. The molecular weight excluding hydrogens is 258 g/mol. The van der Waals surface area contributed by atoms with E-state index in [0.29, 0.717) is 0 Å². The van der Waals surface area contributed by atoms with Gasteiger partial charge < -0.3 is 9.47 Å². The van der Waals surface area contributed by atoms with Gasteiger partial charge in [0, 0.05) is 14.2 Å². The summed E-state index contributed by atoms with van der Waals surface area (Å²) in [7, 11) is 2.79. The Balaban J connectivity index is 3.28. The van der Waals surface area contributed by atoms with Crippen molar-refractivity contribution in [1.29, 1.82) is 0 Å². The second kappa shape index (κ2) is 3.97. The summed E-state index contributed by atoms with van der Waals surface area (Å²) in [5.74, 6) is -1.34. The number of allylic oxidation sites excluding steroid dienone is 2. The highest BCUT2D eigenvalue weighted by molar-refractivity contribution is 6.53. The Hall–Kier alpha value is 0.560. The first kappa shape index (κ1) is 11.6. The molecule has 0 heterocycles. The lowest BCUT2D eigenvalue weighted by molar-refractivity contribution is -0.138. The monoisotopic (exact) mass is 262 g/mol. The number of rotatable bonds is 2. The van der Waals surface area contributed by atoms with Gasteiger partial charge in [-0.3, -0.25) is 0 Å². The van der Waals surface area contributed by atoms with Gasteiger partial charge in [-0.15, -0.1) is 0 Å². The molecule has 0 aromatic heterocycles. The zero-order chi connectivity index (χ0) is 10.2. The predicted molar refractivity (Wildman–Crippen MR) is 54.2 cm³/mol. The van der Waals surface area contributed by atoms with Crippen molar-refractivity contribution >= 4 is 46.4 Å². The average Bonchev–Trinajstić information content (AvgIpc) is 2.31. The summed E-state index contributed by atoms with van der Waals surface area (Å²) < 4.78 is 10.1. The van der Waals surface area contributed by atoms with Crippen LogP contribution in [0.4, 0.5) is 0 Å². The third-order valence-corrected chi connectivity index (χ3v) is 3.65. The summed E-state index contributed by atoms with van der Waals surface area (Å²) in [6.45, 7) is 0. The van der Waals surface area contributed by atoms with Crippen LogP contribution in [0.25, 0.3) is 0 Å². The first-order chi connectivity index (χ1) is 6.01. The van der Waals surface area contributed by atoms with Gasteiger partial charge in [0.15, 0.2) is 0 Å². The van der Waals surface area contributed by atoms with Crippen LogP contribution in [0, 0.1) is 0 Å². The lowest BCUT2D eigenvalue weighted by Crippen LogP contribution is -2.33. The van der Waals surface area contributed by atoms with E-state index >= 15 is 0 Å². The summed E-state index contributed by atoms with van der Waals surface area (Å²) in [4.78, 5) is 0. The van der Waals surface area contributed by atoms with Crippen LogP contribution in [0.1, 0.15) is 0 Å². The van der Waals surface area contributed by atoms with Gasteiger partial charge >= 0.3 is 0 Å². The second-order valence-electron chi connectivity index (χ2n) is 2.28. The minimum Gasteiger partial charge on any atom is -0.344 e. The zero-order valence-electron chi connectivity index (χ0n) is 6.83. The number of hydrogen-bond donors (Lipinski definition) is 0. The van der Waals surface area contributed by atoms with Gasteiger partial charge in [-0.2, -0.15) is 0 Å². The molecule has 0 spiro atoms. The highest BCUT2D eigenvalue weighted by Crippen LogP contribution is 2.49. The summed E-state index contributed by atoms with van der Waals surface area (Å²) in [5, 5.41) is 0.567. The summed E-state index contributed by atoms with van der Waals surface area (Å²) in [5.41, 5.74) is 0. The molecule has 0 N–H and O–H groups in total. The topological polar surface area (TPSA) is 18.5 Å². The average molecular weight is 264 g/mol. The van der Waals surface area contributed by atoms with Gasteiger partial charge in [0.05, 0.1) is 10.1 Å². The maximum atomic E-state index is 5.86. The molecule has 0 saturated carbocycles. The van der Waals surface area contributed by atoms with Crippen molar-refractivity contribution in [2.24, 2.45) is 0 Å². The Bertz CT molecular complexity index is 265. The van der Waals surface area contributed by atoms with Gasteiger partial charge in [-0.05, 0) is 0 Å². The maximum absolute atomic E-state index is 5.86. The van der Waals surface area contributed by atoms with Crippen LogP contribution in [0.5, 0.6) is 0 Å². The molecule has 0 unspecified atom stereocenters. The molecule has 0 fully saturated rings. The zero-order valence-corrected chi connectivity index (χ0v) is 9.85. The van der Waals surface area contributed by atoms with Gasteiger partial charge in [-0.1, -0.05) is 46.4 Å². The SMILES string of the molecule is COC1(OC)C(Cl)=C(Cl)C(Cl)=C1Cl. The van der Waals surface area contributed by atoms with Gasteiger partial charge in [-0.25, -0.2) is 0 Å². The van der Waals surface area contributed by atoms with Gasteiger partial charge in [0.25, 0.3) is 0 Å². The van der Waals surface area contributed by atoms with Crippen LogP contribution in [-0.4, -0.2) is 20.0 Å². The fourth-order valence-electron chi connectivity index (χ4n) is 1.02. The maximum Gasteiger partial charge on any atom is 0.246 e. The first-order valence-corrected chi connectivity index (χ1v) is 4.74. The molecule has 2 nitrogen and oxygen atoms in total. The Morgan fingerprint density at radius 1 is 0.846 bits per heavy atom. The van der Waals surface area contributed by atoms with Crippen molar-refractivity contribution in [2.45, 2.75) is 5.79 Å². The Labute approximate surface area is 96.0 Å². The molecule has 0 amide bonds. The predicted octanol–water partition coefficient (Wildman–Crippen LogP) is 3.37. The van der Waals surface area contributed by atoms with E-state index in [9.17, 15) is 0 Å². The molecule has 0 aromatic rings. The van der Waals surface area contributed by atoms with Crippen LogP contribution in [0.15, 0.2) is 20.1 Å². The Morgan fingerprint density at radius 3 is 1.31 bits per heavy atom. The fraction of sp³-hybridized carbons (Fsp3) is 0.429. The van der Waals surface area contributed by atoms with E-state index in [0.717, 1.165) is 0 Å². The van der Waals surface area contributed by atoms with E-state index < -0.39 is 5.79 Å². The van der Waals surface area contributed by atoms with E-state index in [1.807, 2.05) is 0 Å². The van der Waals surface area contributed by atoms with Crippen LogP contribution in [0.2, 0.25) is 0 Å². The molecule has 1 aliphatic rings. The summed E-state index contributed by atoms with van der Waals surface area (Å²) in [6, 6.07) is 0. The largest absolute Gasteiger partial charge is 0.344 e. The normalized spacial score (nSPS) is 21.7. The molecule has 0 aromatic carbocycles. The van der Waals surface area contributed by atoms with Crippen molar-refractivity contribution in [2.75, 3.05) is 14.2 Å². The molecule has 0 saturated heterocycles. The van der Waals surface area contributed by atoms with Crippen molar-refractivity contribution in [3.8, 4) is 0 Å². The van der Waals surface area contributed by atoms with Gasteiger partial charge in [0.2, 0.25) is 5.79 Å². The molecule has 13 heavy (non-hydrogen) atoms. The molecule has 1 aliphatic carbocycles.